The van der Waals surface area contributed by atoms with Gasteiger partial charge in [0.25, 0.3) is 5.91 Å². The van der Waals surface area contributed by atoms with E-state index >= 15 is 0 Å². The monoisotopic (exact) mass is 246 g/mol. The summed E-state index contributed by atoms with van der Waals surface area (Å²) in [5.74, 6) is 0.560. The highest BCUT2D eigenvalue weighted by Gasteiger charge is 2.14. The Morgan fingerprint density at radius 3 is 2.78 bits per heavy atom. The van der Waals surface area contributed by atoms with Gasteiger partial charge in [0.2, 0.25) is 0 Å². The Kier molecular flexibility index (Phi) is 3.23. The zero-order valence-electron chi connectivity index (χ0n) is 10.2. The Labute approximate surface area is 105 Å². The third-order valence-corrected chi connectivity index (χ3v) is 2.58. The lowest BCUT2D eigenvalue weighted by molar-refractivity contribution is 0.0996. The molecule has 0 aliphatic heterocycles. The SMILES string of the molecule is COc1ccc(N)c(NC(=O)c2occc2C)c1. The van der Waals surface area contributed by atoms with Gasteiger partial charge in [0.1, 0.15) is 5.75 Å². The molecule has 0 atom stereocenters. The molecule has 0 bridgehead atoms. The fraction of sp³-hybridized carbons (Fsp3) is 0.154. The molecule has 94 valence electrons. The minimum absolute atomic E-state index is 0.275. The molecule has 3 N–H and O–H groups in total. The summed E-state index contributed by atoms with van der Waals surface area (Å²) in [6.07, 6.45) is 1.47. The largest absolute Gasteiger partial charge is 0.497 e. The first-order valence-corrected chi connectivity index (χ1v) is 5.41. The molecule has 1 aromatic carbocycles. The highest BCUT2D eigenvalue weighted by atomic mass is 16.5. The lowest BCUT2D eigenvalue weighted by Gasteiger charge is -2.09. The minimum Gasteiger partial charge on any atom is -0.497 e. The van der Waals surface area contributed by atoms with Crippen molar-refractivity contribution in [3.05, 3.63) is 41.9 Å². The van der Waals surface area contributed by atoms with Crippen molar-refractivity contribution in [2.75, 3.05) is 18.2 Å². The summed E-state index contributed by atoms with van der Waals surface area (Å²) >= 11 is 0. The van der Waals surface area contributed by atoms with E-state index in [1.165, 1.54) is 6.26 Å². The molecule has 0 saturated carbocycles. The fourth-order valence-electron chi connectivity index (χ4n) is 1.56. The normalized spacial score (nSPS) is 10.1. The summed E-state index contributed by atoms with van der Waals surface area (Å²) in [6, 6.07) is 6.78. The van der Waals surface area contributed by atoms with Crippen LogP contribution in [0.2, 0.25) is 0 Å². The molecule has 2 rings (SSSR count). The van der Waals surface area contributed by atoms with E-state index in [9.17, 15) is 4.79 Å². The molecule has 0 spiro atoms. The van der Waals surface area contributed by atoms with Gasteiger partial charge in [-0.2, -0.15) is 0 Å². The summed E-state index contributed by atoms with van der Waals surface area (Å²) in [5.41, 5.74) is 7.52. The first-order chi connectivity index (χ1) is 8.61. The Morgan fingerprint density at radius 2 is 2.17 bits per heavy atom. The number of nitrogens with two attached hydrogens (primary N) is 1. The molecular formula is C13H14N2O3. The number of hydrogen-bond acceptors (Lipinski definition) is 4. The first kappa shape index (κ1) is 12.0. The number of nitrogens with one attached hydrogen (secondary N) is 1. The number of ether oxygens (including phenoxy) is 1. The van der Waals surface area contributed by atoms with E-state index in [0.717, 1.165) is 5.56 Å². The van der Waals surface area contributed by atoms with Crippen LogP contribution in [0, 0.1) is 6.92 Å². The van der Waals surface area contributed by atoms with Crippen molar-refractivity contribution in [3.8, 4) is 5.75 Å². The quantitative estimate of drug-likeness (QED) is 0.815. The lowest BCUT2D eigenvalue weighted by atomic mass is 10.2. The van der Waals surface area contributed by atoms with Gasteiger partial charge in [-0.1, -0.05) is 0 Å². The number of aryl methyl sites for hydroxylation is 1. The van der Waals surface area contributed by atoms with Gasteiger partial charge < -0.3 is 20.2 Å². The van der Waals surface area contributed by atoms with Gasteiger partial charge in [-0.05, 0) is 25.1 Å². The molecule has 0 fully saturated rings. The Morgan fingerprint density at radius 1 is 1.39 bits per heavy atom. The average Bonchev–Trinajstić information content (AvgIpc) is 2.78. The summed E-state index contributed by atoms with van der Waals surface area (Å²) in [5, 5.41) is 2.69. The third-order valence-electron chi connectivity index (χ3n) is 2.58. The molecular weight excluding hydrogens is 232 g/mol. The van der Waals surface area contributed by atoms with Crippen molar-refractivity contribution in [2.45, 2.75) is 6.92 Å². The van der Waals surface area contributed by atoms with Crippen LogP contribution in [0.5, 0.6) is 5.75 Å². The van der Waals surface area contributed by atoms with Crippen LogP contribution in [0.4, 0.5) is 11.4 Å². The van der Waals surface area contributed by atoms with E-state index in [0.29, 0.717) is 17.1 Å². The number of nitrogen functional groups attached to an aromatic ring is 1. The van der Waals surface area contributed by atoms with Crippen LogP contribution in [0.25, 0.3) is 0 Å². The van der Waals surface area contributed by atoms with Gasteiger partial charge in [-0.25, -0.2) is 0 Å². The highest BCUT2D eigenvalue weighted by molar-refractivity contribution is 6.04. The van der Waals surface area contributed by atoms with Gasteiger partial charge in [0, 0.05) is 11.6 Å². The van der Waals surface area contributed by atoms with Crippen LogP contribution in [-0.2, 0) is 0 Å². The van der Waals surface area contributed by atoms with E-state index in [2.05, 4.69) is 5.32 Å². The van der Waals surface area contributed by atoms with Crippen LogP contribution >= 0.6 is 0 Å². The van der Waals surface area contributed by atoms with Crippen molar-refractivity contribution < 1.29 is 13.9 Å². The van der Waals surface area contributed by atoms with Crippen LogP contribution < -0.4 is 15.8 Å². The summed E-state index contributed by atoms with van der Waals surface area (Å²) in [7, 11) is 1.55. The van der Waals surface area contributed by atoms with E-state index in [4.69, 9.17) is 14.9 Å². The van der Waals surface area contributed by atoms with Gasteiger partial charge >= 0.3 is 0 Å². The number of furan rings is 1. The van der Waals surface area contributed by atoms with E-state index in [1.807, 2.05) is 0 Å². The molecule has 0 unspecified atom stereocenters. The zero-order chi connectivity index (χ0) is 13.1. The van der Waals surface area contributed by atoms with E-state index in [1.54, 1.807) is 38.3 Å². The number of hydrogen-bond donors (Lipinski definition) is 2. The van der Waals surface area contributed by atoms with Gasteiger partial charge in [0.05, 0.1) is 24.7 Å². The number of carbonyl (C=O) groups is 1. The topological polar surface area (TPSA) is 77.5 Å². The van der Waals surface area contributed by atoms with Gasteiger partial charge in [-0.15, -0.1) is 0 Å². The molecule has 0 aliphatic rings. The molecule has 5 nitrogen and oxygen atoms in total. The molecule has 0 radical (unpaired) electrons. The number of benzene rings is 1. The van der Waals surface area contributed by atoms with Gasteiger partial charge in [0.15, 0.2) is 5.76 Å². The molecule has 1 heterocycles. The van der Waals surface area contributed by atoms with Crippen LogP contribution in [-0.4, -0.2) is 13.0 Å². The summed E-state index contributed by atoms with van der Waals surface area (Å²) < 4.78 is 10.2. The molecule has 0 saturated heterocycles. The lowest BCUT2D eigenvalue weighted by Crippen LogP contribution is -2.13. The van der Waals surface area contributed by atoms with Crippen molar-refractivity contribution in [2.24, 2.45) is 0 Å². The van der Waals surface area contributed by atoms with Crippen molar-refractivity contribution >= 4 is 17.3 Å². The van der Waals surface area contributed by atoms with Crippen molar-refractivity contribution in [1.29, 1.82) is 0 Å². The fourth-order valence-corrected chi connectivity index (χ4v) is 1.56. The molecule has 0 aliphatic carbocycles. The smallest absolute Gasteiger partial charge is 0.291 e. The van der Waals surface area contributed by atoms with Gasteiger partial charge in [-0.3, -0.25) is 4.79 Å². The Bertz CT molecular complexity index is 575. The average molecular weight is 246 g/mol. The molecule has 1 amide bonds. The molecule has 18 heavy (non-hydrogen) atoms. The maximum absolute atomic E-state index is 11.9. The number of amides is 1. The zero-order valence-corrected chi connectivity index (χ0v) is 10.2. The van der Waals surface area contributed by atoms with E-state index in [-0.39, 0.29) is 11.7 Å². The standard InChI is InChI=1S/C13H14N2O3/c1-8-5-6-18-12(8)13(16)15-11-7-9(17-2)3-4-10(11)14/h3-7H,14H2,1-2H3,(H,15,16). The van der Waals surface area contributed by atoms with Crippen molar-refractivity contribution in [3.63, 3.8) is 0 Å². The maximum Gasteiger partial charge on any atom is 0.291 e. The summed E-state index contributed by atoms with van der Waals surface area (Å²) in [4.78, 5) is 11.9. The molecule has 2 aromatic rings. The van der Waals surface area contributed by atoms with Crippen LogP contribution in [0.1, 0.15) is 16.1 Å². The maximum atomic E-state index is 11.9. The number of carbonyl (C=O) groups excluding carboxylic acids is 1. The van der Waals surface area contributed by atoms with Crippen LogP contribution in [0.3, 0.4) is 0 Å². The van der Waals surface area contributed by atoms with Crippen LogP contribution in [0.15, 0.2) is 34.9 Å². The first-order valence-electron chi connectivity index (χ1n) is 5.41. The second-order valence-corrected chi connectivity index (χ2v) is 3.84. The number of anilines is 2. The third kappa shape index (κ3) is 2.29. The Hall–Kier alpha value is -2.43. The molecule has 1 aromatic heterocycles. The van der Waals surface area contributed by atoms with Crippen molar-refractivity contribution in [1.82, 2.24) is 0 Å². The predicted octanol–water partition coefficient (Wildman–Crippen LogP) is 2.43. The summed E-state index contributed by atoms with van der Waals surface area (Å²) in [6.45, 7) is 1.80. The number of rotatable bonds is 3. The molecule has 5 heteroatoms. The Balaban J connectivity index is 2.24. The minimum atomic E-state index is -0.336. The number of methoxy groups -OCH3 is 1. The second kappa shape index (κ2) is 4.83. The second-order valence-electron chi connectivity index (χ2n) is 3.84. The van der Waals surface area contributed by atoms with E-state index < -0.39 is 0 Å². The highest BCUT2D eigenvalue weighted by Crippen LogP contribution is 2.25. The predicted molar refractivity (Wildman–Crippen MR) is 68.8 cm³/mol.